The molecular formula is C19H20N2O4S. The fourth-order valence-corrected chi connectivity index (χ4v) is 4.64. The number of sulfonamides is 1. The molecule has 1 atom stereocenters. The Balaban J connectivity index is 1.79. The van der Waals surface area contributed by atoms with Crippen molar-refractivity contribution in [3.63, 3.8) is 0 Å². The van der Waals surface area contributed by atoms with Crippen LogP contribution in [0.4, 0.5) is 0 Å². The molecule has 2 amide bonds. The smallest absolute Gasteiger partial charge is 0.267 e. The van der Waals surface area contributed by atoms with Crippen LogP contribution in [0.3, 0.4) is 0 Å². The van der Waals surface area contributed by atoms with Crippen LogP contribution in [0.15, 0.2) is 59.5 Å². The zero-order valence-corrected chi connectivity index (χ0v) is 15.2. The SMILES string of the molecule is Cc1ccccc1CNC(=O)C1CCC(=O)N1S(=O)(=O)c1ccccc1. The molecule has 0 aliphatic carbocycles. The van der Waals surface area contributed by atoms with Crippen molar-refractivity contribution in [2.24, 2.45) is 0 Å². The summed E-state index contributed by atoms with van der Waals surface area (Å²) in [6.45, 7) is 2.22. The van der Waals surface area contributed by atoms with E-state index < -0.39 is 27.9 Å². The maximum absolute atomic E-state index is 12.8. The molecule has 2 aromatic rings. The van der Waals surface area contributed by atoms with E-state index in [1.165, 1.54) is 12.1 Å². The molecule has 3 rings (SSSR count). The largest absolute Gasteiger partial charge is 0.350 e. The van der Waals surface area contributed by atoms with E-state index in [-0.39, 0.29) is 24.3 Å². The molecule has 1 N–H and O–H groups in total. The zero-order chi connectivity index (χ0) is 18.7. The first-order chi connectivity index (χ1) is 12.4. The van der Waals surface area contributed by atoms with Crippen molar-refractivity contribution in [3.05, 3.63) is 65.7 Å². The Morgan fingerprint density at radius 3 is 2.46 bits per heavy atom. The monoisotopic (exact) mass is 372 g/mol. The van der Waals surface area contributed by atoms with Gasteiger partial charge in [-0.3, -0.25) is 9.59 Å². The lowest BCUT2D eigenvalue weighted by Crippen LogP contribution is -2.47. The molecule has 0 spiro atoms. The van der Waals surface area contributed by atoms with Gasteiger partial charge >= 0.3 is 0 Å². The van der Waals surface area contributed by atoms with Crippen LogP contribution in [0, 0.1) is 6.92 Å². The van der Waals surface area contributed by atoms with Gasteiger partial charge in [0.15, 0.2) is 0 Å². The number of nitrogens with one attached hydrogen (secondary N) is 1. The van der Waals surface area contributed by atoms with Gasteiger partial charge in [-0.25, -0.2) is 12.7 Å². The number of benzene rings is 2. The second-order valence-corrected chi connectivity index (χ2v) is 8.02. The van der Waals surface area contributed by atoms with E-state index in [2.05, 4.69) is 5.32 Å². The van der Waals surface area contributed by atoms with Crippen molar-refractivity contribution in [2.45, 2.75) is 37.2 Å². The number of hydrogen-bond acceptors (Lipinski definition) is 4. The summed E-state index contributed by atoms with van der Waals surface area (Å²) in [5, 5.41) is 2.76. The summed E-state index contributed by atoms with van der Waals surface area (Å²) in [6.07, 6.45) is 0.221. The molecule has 1 saturated heterocycles. The number of hydrogen-bond donors (Lipinski definition) is 1. The van der Waals surface area contributed by atoms with E-state index in [9.17, 15) is 18.0 Å². The minimum absolute atomic E-state index is 0.00644. The topological polar surface area (TPSA) is 83.6 Å². The van der Waals surface area contributed by atoms with Crippen molar-refractivity contribution < 1.29 is 18.0 Å². The van der Waals surface area contributed by atoms with E-state index in [1.54, 1.807) is 18.2 Å². The highest BCUT2D eigenvalue weighted by atomic mass is 32.2. The van der Waals surface area contributed by atoms with Gasteiger partial charge in [0.1, 0.15) is 6.04 Å². The lowest BCUT2D eigenvalue weighted by atomic mass is 10.1. The molecule has 1 fully saturated rings. The van der Waals surface area contributed by atoms with Crippen molar-refractivity contribution in [1.29, 1.82) is 0 Å². The summed E-state index contributed by atoms with van der Waals surface area (Å²) in [6, 6.07) is 14.3. The molecular weight excluding hydrogens is 352 g/mol. The lowest BCUT2D eigenvalue weighted by molar-refractivity contribution is -0.130. The third-order valence-electron chi connectivity index (χ3n) is 4.48. The summed E-state index contributed by atoms with van der Waals surface area (Å²) < 4.78 is 26.4. The number of carbonyl (C=O) groups is 2. The van der Waals surface area contributed by atoms with Crippen LogP contribution in [0.2, 0.25) is 0 Å². The minimum atomic E-state index is -4.05. The van der Waals surface area contributed by atoms with Crippen LogP contribution >= 0.6 is 0 Å². The van der Waals surface area contributed by atoms with E-state index in [0.29, 0.717) is 0 Å². The summed E-state index contributed by atoms with van der Waals surface area (Å²) in [4.78, 5) is 24.8. The highest BCUT2D eigenvalue weighted by molar-refractivity contribution is 7.89. The van der Waals surface area contributed by atoms with Gasteiger partial charge in [0.25, 0.3) is 10.0 Å². The molecule has 1 aliphatic heterocycles. The Kier molecular flexibility index (Phi) is 5.08. The van der Waals surface area contributed by atoms with Crippen molar-refractivity contribution in [2.75, 3.05) is 0 Å². The Morgan fingerprint density at radius 1 is 1.12 bits per heavy atom. The van der Waals surface area contributed by atoms with Crippen LogP contribution in [0.5, 0.6) is 0 Å². The maximum Gasteiger partial charge on any atom is 0.267 e. The fourth-order valence-electron chi connectivity index (χ4n) is 3.02. The molecule has 2 aromatic carbocycles. The van der Waals surface area contributed by atoms with Gasteiger partial charge in [-0.2, -0.15) is 0 Å². The first-order valence-corrected chi connectivity index (χ1v) is 9.80. The summed E-state index contributed by atoms with van der Waals surface area (Å²) >= 11 is 0. The zero-order valence-electron chi connectivity index (χ0n) is 14.4. The van der Waals surface area contributed by atoms with Gasteiger partial charge in [0, 0.05) is 13.0 Å². The normalized spacial score (nSPS) is 17.3. The molecule has 0 bridgehead atoms. The van der Waals surface area contributed by atoms with E-state index >= 15 is 0 Å². The summed E-state index contributed by atoms with van der Waals surface area (Å²) in [5.74, 6) is -1.01. The highest BCUT2D eigenvalue weighted by Crippen LogP contribution is 2.27. The van der Waals surface area contributed by atoms with Crippen molar-refractivity contribution in [3.8, 4) is 0 Å². The third-order valence-corrected chi connectivity index (χ3v) is 6.32. The van der Waals surface area contributed by atoms with Gasteiger partial charge < -0.3 is 5.32 Å². The molecule has 0 aromatic heterocycles. The van der Waals surface area contributed by atoms with Crippen LogP contribution in [-0.2, 0) is 26.2 Å². The van der Waals surface area contributed by atoms with Crippen LogP contribution < -0.4 is 5.32 Å². The Bertz CT molecular complexity index is 926. The quantitative estimate of drug-likeness (QED) is 0.870. The van der Waals surface area contributed by atoms with Gasteiger partial charge in [0.2, 0.25) is 11.8 Å². The van der Waals surface area contributed by atoms with Crippen LogP contribution in [-0.4, -0.2) is 30.6 Å². The molecule has 1 unspecified atom stereocenters. The molecule has 6 nitrogen and oxygen atoms in total. The molecule has 0 radical (unpaired) electrons. The van der Waals surface area contributed by atoms with E-state index in [0.717, 1.165) is 15.4 Å². The van der Waals surface area contributed by atoms with Gasteiger partial charge in [0.05, 0.1) is 4.90 Å². The standard InChI is InChI=1S/C19H20N2O4S/c1-14-7-5-6-8-15(14)13-20-19(23)17-11-12-18(22)21(17)26(24,25)16-9-3-2-4-10-16/h2-10,17H,11-13H2,1H3,(H,20,23). The second kappa shape index (κ2) is 7.29. The molecule has 1 aliphatic rings. The molecule has 136 valence electrons. The van der Waals surface area contributed by atoms with Gasteiger partial charge in [-0.15, -0.1) is 0 Å². The number of carbonyl (C=O) groups excluding carboxylic acids is 2. The Hall–Kier alpha value is -2.67. The maximum atomic E-state index is 12.8. The molecule has 0 saturated carbocycles. The van der Waals surface area contributed by atoms with Crippen molar-refractivity contribution in [1.82, 2.24) is 9.62 Å². The number of aryl methyl sites for hydroxylation is 1. The minimum Gasteiger partial charge on any atom is -0.350 e. The average molecular weight is 372 g/mol. The van der Waals surface area contributed by atoms with Crippen LogP contribution in [0.25, 0.3) is 0 Å². The Morgan fingerprint density at radius 2 is 1.77 bits per heavy atom. The third kappa shape index (κ3) is 3.48. The predicted molar refractivity (Wildman–Crippen MR) is 96.5 cm³/mol. The number of rotatable bonds is 5. The van der Waals surface area contributed by atoms with E-state index in [1.807, 2.05) is 31.2 Å². The van der Waals surface area contributed by atoms with Gasteiger partial charge in [-0.05, 0) is 36.6 Å². The molecule has 1 heterocycles. The van der Waals surface area contributed by atoms with E-state index in [4.69, 9.17) is 0 Å². The van der Waals surface area contributed by atoms with Crippen molar-refractivity contribution >= 4 is 21.8 Å². The predicted octanol–water partition coefficient (Wildman–Crippen LogP) is 1.99. The first-order valence-electron chi connectivity index (χ1n) is 8.36. The fraction of sp³-hybridized carbons (Fsp3) is 0.263. The first kappa shape index (κ1) is 18.1. The second-order valence-electron chi connectivity index (χ2n) is 6.21. The number of nitrogens with zero attached hydrogens (tertiary/aromatic N) is 1. The van der Waals surface area contributed by atoms with Crippen LogP contribution in [0.1, 0.15) is 24.0 Å². The average Bonchev–Trinajstić information content (AvgIpc) is 3.04. The highest BCUT2D eigenvalue weighted by Gasteiger charge is 2.44. The summed E-state index contributed by atoms with van der Waals surface area (Å²) in [5.41, 5.74) is 1.98. The summed E-state index contributed by atoms with van der Waals surface area (Å²) in [7, 11) is -4.05. The molecule has 7 heteroatoms. The molecule has 26 heavy (non-hydrogen) atoms. The number of amides is 2. The van der Waals surface area contributed by atoms with Gasteiger partial charge in [-0.1, -0.05) is 42.5 Å². The lowest BCUT2D eigenvalue weighted by Gasteiger charge is -2.23. The Labute approximate surface area is 152 Å².